The molecule has 1 aliphatic heterocycles. The first-order valence-electron chi connectivity index (χ1n) is 4.52. The largest absolute Gasteiger partial charge is 0.448 e. The number of hydrogen-bond acceptors (Lipinski definition) is 2. The van der Waals surface area contributed by atoms with Crippen LogP contribution < -0.4 is 0 Å². The fourth-order valence-electron chi connectivity index (χ4n) is 1.49. The van der Waals surface area contributed by atoms with Crippen molar-refractivity contribution in [3.05, 3.63) is 34.1 Å². The number of carbonyl (C=O) groups excluding carboxylic acids is 1. The van der Waals surface area contributed by atoms with E-state index in [4.69, 9.17) is 4.74 Å². The number of rotatable bonds is 2. The van der Waals surface area contributed by atoms with Crippen molar-refractivity contribution in [2.75, 3.05) is 13.2 Å². The molecule has 3 nitrogen and oxygen atoms in total. The second-order valence-corrected chi connectivity index (χ2v) is 4.23. The van der Waals surface area contributed by atoms with E-state index in [1.165, 1.54) is 12.1 Å². The number of nitrogens with zero attached hydrogens (tertiary/aromatic N) is 1. The Balaban J connectivity index is 2.13. The molecule has 0 atom stereocenters. The molecule has 1 aliphatic rings. The van der Waals surface area contributed by atoms with Crippen molar-refractivity contribution in [2.45, 2.75) is 6.54 Å². The molecule has 15 heavy (non-hydrogen) atoms. The van der Waals surface area contributed by atoms with E-state index in [1.807, 2.05) is 0 Å². The molecule has 0 saturated carbocycles. The van der Waals surface area contributed by atoms with Gasteiger partial charge in [-0.25, -0.2) is 9.18 Å². The number of cyclic esters (lactones) is 1. The number of ether oxygens (including phenoxy) is 1. The predicted molar refractivity (Wildman–Crippen MR) is 55.9 cm³/mol. The molecule has 1 amide bonds. The van der Waals surface area contributed by atoms with Crippen LogP contribution in [0.4, 0.5) is 9.18 Å². The maximum atomic E-state index is 13.0. The lowest BCUT2D eigenvalue weighted by atomic mass is 10.2. The van der Waals surface area contributed by atoms with Crippen molar-refractivity contribution in [2.24, 2.45) is 0 Å². The van der Waals surface area contributed by atoms with Crippen LogP contribution in [0.1, 0.15) is 5.56 Å². The van der Waals surface area contributed by atoms with Crippen molar-refractivity contribution in [3.63, 3.8) is 0 Å². The standard InChI is InChI=1S/C10H9BrFNO2/c11-8-3-7(4-9(12)5-8)6-13-1-2-15-10(13)14/h3-5H,1-2,6H2. The van der Waals surface area contributed by atoms with E-state index < -0.39 is 0 Å². The van der Waals surface area contributed by atoms with Gasteiger partial charge in [-0.3, -0.25) is 0 Å². The number of amides is 1. The molecule has 1 heterocycles. The van der Waals surface area contributed by atoms with Crippen LogP contribution in [-0.2, 0) is 11.3 Å². The van der Waals surface area contributed by atoms with Gasteiger partial charge in [0.25, 0.3) is 0 Å². The monoisotopic (exact) mass is 273 g/mol. The van der Waals surface area contributed by atoms with Crippen molar-refractivity contribution in [1.29, 1.82) is 0 Å². The summed E-state index contributed by atoms with van der Waals surface area (Å²) in [7, 11) is 0. The maximum Gasteiger partial charge on any atom is 0.410 e. The lowest BCUT2D eigenvalue weighted by Crippen LogP contribution is -2.23. The number of halogens is 2. The SMILES string of the molecule is O=C1OCCN1Cc1cc(F)cc(Br)c1. The molecule has 1 fully saturated rings. The van der Waals surface area contributed by atoms with Gasteiger partial charge in [-0.1, -0.05) is 15.9 Å². The van der Waals surface area contributed by atoms with E-state index in [0.717, 1.165) is 5.56 Å². The van der Waals surface area contributed by atoms with Crippen LogP contribution >= 0.6 is 15.9 Å². The number of benzene rings is 1. The van der Waals surface area contributed by atoms with Crippen LogP contribution in [0.15, 0.2) is 22.7 Å². The number of carbonyl (C=O) groups is 1. The highest BCUT2D eigenvalue weighted by atomic mass is 79.9. The molecular formula is C10H9BrFNO2. The molecule has 0 N–H and O–H groups in total. The van der Waals surface area contributed by atoms with Crippen molar-refractivity contribution in [3.8, 4) is 0 Å². The van der Waals surface area contributed by atoms with Crippen molar-refractivity contribution < 1.29 is 13.9 Å². The van der Waals surface area contributed by atoms with E-state index >= 15 is 0 Å². The summed E-state index contributed by atoms with van der Waals surface area (Å²) >= 11 is 3.20. The Morgan fingerprint density at radius 3 is 2.87 bits per heavy atom. The Hall–Kier alpha value is -1.10. The maximum absolute atomic E-state index is 13.0. The second kappa shape index (κ2) is 4.18. The minimum absolute atomic E-state index is 0.313. The lowest BCUT2D eigenvalue weighted by molar-refractivity contribution is 0.157. The fraction of sp³-hybridized carbons (Fsp3) is 0.300. The molecule has 0 unspecified atom stereocenters. The van der Waals surface area contributed by atoms with Gasteiger partial charge >= 0.3 is 6.09 Å². The topological polar surface area (TPSA) is 29.5 Å². The molecule has 5 heteroatoms. The third kappa shape index (κ3) is 2.47. The molecule has 1 aromatic carbocycles. The van der Waals surface area contributed by atoms with Crippen LogP contribution in [-0.4, -0.2) is 24.1 Å². The minimum Gasteiger partial charge on any atom is -0.448 e. The zero-order valence-corrected chi connectivity index (χ0v) is 9.46. The van der Waals surface area contributed by atoms with Crippen molar-refractivity contribution in [1.82, 2.24) is 4.90 Å². The zero-order chi connectivity index (χ0) is 10.8. The smallest absolute Gasteiger partial charge is 0.410 e. The van der Waals surface area contributed by atoms with Crippen LogP contribution in [0.2, 0.25) is 0 Å². The van der Waals surface area contributed by atoms with E-state index in [2.05, 4.69) is 15.9 Å². The Bertz CT molecular complexity index is 377. The van der Waals surface area contributed by atoms with Crippen LogP contribution in [0, 0.1) is 5.82 Å². The second-order valence-electron chi connectivity index (χ2n) is 3.31. The fourth-order valence-corrected chi connectivity index (χ4v) is 2.00. The van der Waals surface area contributed by atoms with Gasteiger partial charge in [0.2, 0.25) is 0 Å². The minimum atomic E-state index is -0.338. The van der Waals surface area contributed by atoms with Crippen molar-refractivity contribution >= 4 is 22.0 Å². The highest BCUT2D eigenvalue weighted by Crippen LogP contribution is 2.17. The highest BCUT2D eigenvalue weighted by molar-refractivity contribution is 9.10. The molecule has 1 aromatic rings. The van der Waals surface area contributed by atoms with Crippen LogP contribution in [0.25, 0.3) is 0 Å². The van der Waals surface area contributed by atoms with E-state index in [0.29, 0.717) is 24.2 Å². The molecule has 0 aromatic heterocycles. The van der Waals surface area contributed by atoms with Crippen LogP contribution in [0.3, 0.4) is 0 Å². The van der Waals surface area contributed by atoms with Gasteiger partial charge in [0.15, 0.2) is 0 Å². The Morgan fingerprint density at radius 2 is 2.27 bits per heavy atom. The van der Waals surface area contributed by atoms with Gasteiger partial charge in [-0.2, -0.15) is 0 Å². The molecule has 0 spiro atoms. The average molecular weight is 274 g/mol. The summed E-state index contributed by atoms with van der Waals surface area (Å²) in [5, 5.41) is 0. The summed E-state index contributed by atoms with van der Waals surface area (Å²) in [6.45, 7) is 1.36. The molecular weight excluding hydrogens is 265 g/mol. The number of hydrogen-bond donors (Lipinski definition) is 0. The Morgan fingerprint density at radius 1 is 1.47 bits per heavy atom. The van der Waals surface area contributed by atoms with Gasteiger partial charge in [-0.15, -0.1) is 0 Å². The Labute approximate surface area is 95.0 Å². The molecule has 0 aliphatic carbocycles. The molecule has 1 saturated heterocycles. The van der Waals surface area contributed by atoms with E-state index in [9.17, 15) is 9.18 Å². The van der Waals surface area contributed by atoms with Gasteiger partial charge in [0.05, 0.1) is 6.54 Å². The molecule has 0 bridgehead atoms. The quantitative estimate of drug-likeness (QED) is 0.829. The lowest BCUT2D eigenvalue weighted by Gasteiger charge is -2.12. The first-order valence-corrected chi connectivity index (χ1v) is 5.31. The summed E-state index contributed by atoms with van der Waals surface area (Å²) in [6.07, 6.45) is -0.338. The van der Waals surface area contributed by atoms with Gasteiger partial charge in [0.1, 0.15) is 12.4 Å². The van der Waals surface area contributed by atoms with Crippen LogP contribution in [0.5, 0.6) is 0 Å². The van der Waals surface area contributed by atoms with E-state index in [1.54, 1.807) is 11.0 Å². The molecule has 0 radical (unpaired) electrons. The summed E-state index contributed by atoms with van der Waals surface area (Å²) < 4.78 is 18.5. The molecule has 80 valence electrons. The van der Waals surface area contributed by atoms with Gasteiger partial charge < -0.3 is 9.64 Å². The summed E-state index contributed by atoms with van der Waals surface area (Å²) in [6, 6.07) is 4.58. The summed E-state index contributed by atoms with van der Waals surface area (Å²) in [5.74, 6) is -0.313. The zero-order valence-electron chi connectivity index (χ0n) is 7.87. The summed E-state index contributed by atoms with van der Waals surface area (Å²) in [4.78, 5) is 12.7. The highest BCUT2D eigenvalue weighted by Gasteiger charge is 2.21. The Kier molecular flexibility index (Phi) is 2.90. The third-order valence-corrected chi connectivity index (χ3v) is 2.60. The van der Waals surface area contributed by atoms with Gasteiger partial charge in [0, 0.05) is 11.0 Å². The summed E-state index contributed by atoms with van der Waals surface area (Å²) in [5.41, 5.74) is 0.751. The van der Waals surface area contributed by atoms with E-state index in [-0.39, 0.29) is 11.9 Å². The predicted octanol–water partition coefficient (Wildman–Crippen LogP) is 2.54. The molecule has 2 rings (SSSR count). The first-order chi connectivity index (χ1) is 7.15. The third-order valence-electron chi connectivity index (χ3n) is 2.14. The first kappa shape index (κ1) is 10.4. The normalized spacial score (nSPS) is 15.6. The van der Waals surface area contributed by atoms with Gasteiger partial charge in [-0.05, 0) is 23.8 Å². The average Bonchev–Trinajstić information content (AvgIpc) is 2.50.